The minimum absolute atomic E-state index is 0.166. The maximum atomic E-state index is 10.4. The smallest absolute Gasteiger partial charge is 0.293 e. The van der Waals surface area contributed by atoms with Crippen LogP contribution < -0.4 is 14.8 Å². The van der Waals surface area contributed by atoms with Crippen LogP contribution in [0.1, 0.15) is 10.9 Å². The quantitative estimate of drug-likeness (QED) is 0.756. The van der Waals surface area contributed by atoms with E-state index in [0.717, 1.165) is 10.6 Å². The fourth-order valence-corrected chi connectivity index (χ4v) is 2.51. The molecule has 0 fully saturated rings. The molecule has 1 N–H and O–H groups in total. The summed E-state index contributed by atoms with van der Waals surface area (Å²) in [4.78, 5) is 15.4. The molecular formula is C14H16N2O4S. The summed E-state index contributed by atoms with van der Waals surface area (Å²) in [6.07, 6.45) is 1.75. The van der Waals surface area contributed by atoms with Crippen molar-refractivity contribution >= 4 is 23.5 Å². The molecule has 0 radical (unpaired) electrons. The highest BCUT2D eigenvalue weighted by atomic mass is 32.1. The van der Waals surface area contributed by atoms with Crippen LogP contribution in [0.3, 0.4) is 0 Å². The summed E-state index contributed by atoms with van der Waals surface area (Å²) in [5, 5.41) is 3.29. The highest BCUT2D eigenvalue weighted by Crippen LogP contribution is 2.31. The maximum absolute atomic E-state index is 10.4. The molecule has 112 valence electrons. The molecule has 6 nitrogen and oxygen atoms in total. The van der Waals surface area contributed by atoms with Gasteiger partial charge >= 0.3 is 0 Å². The lowest BCUT2D eigenvalue weighted by molar-refractivity contribution is -0.129. The molecule has 0 amide bonds. The van der Waals surface area contributed by atoms with Crippen molar-refractivity contribution in [2.24, 2.45) is 0 Å². The molecule has 21 heavy (non-hydrogen) atoms. The van der Waals surface area contributed by atoms with Crippen molar-refractivity contribution in [3.05, 3.63) is 34.8 Å². The van der Waals surface area contributed by atoms with E-state index in [1.807, 2.05) is 18.2 Å². The molecule has 0 aliphatic heterocycles. The standard InChI is InChI=1S/C14H16N2O4S/c1-18-12-4-3-10(5-13(12)19-2)16-11(7-20-9-17)14-6-15-8-21-14/h3-6,8-9,11,16H,7H2,1-2H3. The summed E-state index contributed by atoms with van der Waals surface area (Å²) < 4.78 is 15.3. The average molecular weight is 308 g/mol. The predicted molar refractivity (Wildman–Crippen MR) is 80.0 cm³/mol. The second kappa shape index (κ2) is 7.49. The van der Waals surface area contributed by atoms with E-state index in [2.05, 4.69) is 10.3 Å². The van der Waals surface area contributed by atoms with Gasteiger partial charge in [-0.1, -0.05) is 0 Å². The number of hydrogen-bond acceptors (Lipinski definition) is 7. The van der Waals surface area contributed by atoms with Gasteiger partial charge in [-0.05, 0) is 12.1 Å². The largest absolute Gasteiger partial charge is 0.493 e. The van der Waals surface area contributed by atoms with Crippen molar-refractivity contribution in [2.75, 3.05) is 26.1 Å². The molecule has 1 aromatic heterocycles. The van der Waals surface area contributed by atoms with Crippen LogP contribution in [-0.4, -0.2) is 32.3 Å². The molecule has 2 rings (SSSR count). The van der Waals surface area contributed by atoms with Crippen molar-refractivity contribution in [2.45, 2.75) is 6.04 Å². The first-order valence-corrected chi connectivity index (χ1v) is 7.08. The summed E-state index contributed by atoms with van der Waals surface area (Å²) in [6, 6.07) is 5.34. The Hall–Kier alpha value is -2.28. The topological polar surface area (TPSA) is 69.7 Å². The number of benzene rings is 1. The Morgan fingerprint density at radius 2 is 2.14 bits per heavy atom. The van der Waals surface area contributed by atoms with Gasteiger partial charge in [0, 0.05) is 18.0 Å². The number of nitrogens with one attached hydrogen (secondary N) is 1. The van der Waals surface area contributed by atoms with Crippen molar-refractivity contribution in [1.29, 1.82) is 0 Å². The number of methoxy groups -OCH3 is 2. The zero-order valence-electron chi connectivity index (χ0n) is 11.7. The Bertz CT molecular complexity index is 574. The second-order valence-electron chi connectivity index (χ2n) is 4.10. The lowest BCUT2D eigenvalue weighted by Crippen LogP contribution is -2.15. The number of rotatable bonds is 8. The highest BCUT2D eigenvalue weighted by Gasteiger charge is 2.15. The molecule has 1 atom stereocenters. The first kappa shape index (κ1) is 15.1. The molecule has 0 aliphatic carbocycles. The van der Waals surface area contributed by atoms with Crippen LogP contribution in [0, 0.1) is 0 Å². The molecular weight excluding hydrogens is 292 g/mol. The first-order valence-electron chi connectivity index (χ1n) is 6.20. The van der Waals surface area contributed by atoms with Gasteiger partial charge in [0.25, 0.3) is 6.47 Å². The van der Waals surface area contributed by atoms with Gasteiger partial charge in [0.2, 0.25) is 0 Å². The summed E-state index contributed by atoms with van der Waals surface area (Å²) in [6.45, 7) is 0.657. The zero-order chi connectivity index (χ0) is 15.1. The van der Waals surface area contributed by atoms with Crippen LogP contribution in [0.5, 0.6) is 11.5 Å². The molecule has 0 aliphatic rings. The Kier molecular flexibility index (Phi) is 5.39. The molecule has 0 spiro atoms. The Labute approximate surface area is 126 Å². The van der Waals surface area contributed by atoms with Gasteiger partial charge in [-0.3, -0.25) is 9.78 Å². The van der Waals surface area contributed by atoms with E-state index in [-0.39, 0.29) is 12.6 Å². The number of hydrogen-bond donors (Lipinski definition) is 1. The minimum atomic E-state index is -0.166. The molecule has 0 saturated heterocycles. The fourth-order valence-electron chi connectivity index (χ4n) is 1.86. The number of ether oxygens (including phenoxy) is 3. The average Bonchev–Trinajstić information content (AvgIpc) is 3.05. The van der Waals surface area contributed by atoms with Gasteiger partial charge in [0.05, 0.1) is 30.6 Å². The number of thiazole rings is 1. The second-order valence-corrected chi connectivity index (χ2v) is 5.02. The number of carbonyl (C=O) groups excluding carboxylic acids is 1. The van der Waals surface area contributed by atoms with Gasteiger partial charge in [0.15, 0.2) is 11.5 Å². The van der Waals surface area contributed by atoms with Gasteiger partial charge in [-0.25, -0.2) is 0 Å². The maximum Gasteiger partial charge on any atom is 0.293 e. The van der Waals surface area contributed by atoms with E-state index in [0.29, 0.717) is 18.0 Å². The molecule has 1 unspecified atom stereocenters. The van der Waals surface area contributed by atoms with Crippen LogP contribution in [0.15, 0.2) is 29.9 Å². The Morgan fingerprint density at radius 1 is 1.33 bits per heavy atom. The normalized spacial score (nSPS) is 11.5. The van der Waals surface area contributed by atoms with Gasteiger partial charge in [0.1, 0.15) is 6.61 Å². The molecule has 0 bridgehead atoms. The van der Waals surface area contributed by atoms with Gasteiger partial charge < -0.3 is 19.5 Å². The van der Waals surface area contributed by atoms with Gasteiger partial charge in [-0.15, -0.1) is 11.3 Å². The number of aromatic nitrogens is 1. The third-order valence-electron chi connectivity index (χ3n) is 2.85. The number of carbonyl (C=O) groups is 1. The third-order valence-corrected chi connectivity index (χ3v) is 3.74. The SMILES string of the molecule is COc1ccc(NC(COC=O)c2cncs2)cc1OC. The molecule has 2 aromatic rings. The van der Waals surface area contributed by atoms with E-state index in [1.54, 1.807) is 25.9 Å². The molecule has 7 heteroatoms. The first-order chi connectivity index (χ1) is 10.3. The van der Waals surface area contributed by atoms with Crippen molar-refractivity contribution in [1.82, 2.24) is 4.98 Å². The summed E-state index contributed by atoms with van der Waals surface area (Å²) >= 11 is 1.49. The van der Waals surface area contributed by atoms with E-state index >= 15 is 0 Å². The fraction of sp³-hybridized carbons (Fsp3) is 0.286. The van der Waals surface area contributed by atoms with Crippen molar-refractivity contribution in [3.8, 4) is 11.5 Å². The summed E-state index contributed by atoms with van der Waals surface area (Å²) in [7, 11) is 3.17. The minimum Gasteiger partial charge on any atom is -0.493 e. The zero-order valence-corrected chi connectivity index (χ0v) is 12.6. The monoisotopic (exact) mass is 308 g/mol. The predicted octanol–water partition coefficient (Wildman–Crippen LogP) is 2.49. The van der Waals surface area contributed by atoms with Crippen LogP contribution in [0.25, 0.3) is 0 Å². The van der Waals surface area contributed by atoms with Crippen LogP contribution in [0.4, 0.5) is 5.69 Å². The van der Waals surface area contributed by atoms with Crippen LogP contribution >= 0.6 is 11.3 Å². The van der Waals surface area contributed by atoms with E-state index in [9.17, 15) is 4.79 Å². The summed E-state index contributed by atoms with van der Waals surface area (Å²) in [5.41, 5.74) is 2.57. The Balaban J connectivity index is 2.18. The number of anilines is 1. The van der Waals surface area contributed by atoms with Crippen molar-refractivity contribution in [3.63, 3.8) is 0 Å². The number of nitrogens with zero attached hydrogens (tertiary/aromatic N) is 1. The molecule has 0 saturated carbocycles. The van der Waals surface area contributed by atoms with E-state index in [4.69, 9.17) is 14.2 Å². The molecule has 1 aromatic carbocycles. The Morgan fingerprint density at radius 3 is 2.76 bits per heavy atom. The van der Waals surface area contributed by atoms with Crippen LogP contribution in [0.2, 0.25) is 0 Å². The van der Waals surface area contributed by atoms with Crippen LogP contribution in [-0.2, 0) is 9.53 Å². The lowest BCUT2D eigenvalue weighted by atomic mass is 10.2. The van der Waals surface area contributed by atoms with E-state index in [1.165, 1.54) is 11.3 Å². The van der Waals surface area contributed by atoms with Crippen molar-refractivity contribution < 1.29 is 19.0 Å². The van der Waals surface area contributed by atoms with E-state index < -0.39 is 0 Å². The highest BCUT2D eigenvalue weighted by molar-refractivity contribution is 7.09. The summed E-state index contributed by atoms with van der Waals surface area (Å²) in [5.74, 6) is 1.28. The van der Waals surface area contributed by atoms with Gasteiger partial charge in [-0.2, -0.15) is 0 Å². The lowest BCUT2D eigenvalue weighted by Gasteiger charge is -2.18. The molecule has 1 heterocycles. The third kappa shape index (κ3) is 3.85.